The Labute approximate surface area is 124 Å². The molecule has 112 valence electrons. The summed E-state index contributed by atoms with van der Waals surface area (Å²) in [6.07, 6.45) is 4.95. The molecule has 4 heteroatoms. The van der Waals surface area contributed by atoms with Crippen molar-refractivity contribution in [3.63, 3.8) is 0 Å². The lowest BCUT2D eigenvalue weighted by Crippen LogP contribution is -2.25. The highest BCUT2D eigenvalue weighted by Gasteiger charge is 2.19. The molecular weight excluding hydrogens is 270 g/mol. The smallest absolute Gasteiger partial charge is 0.163 e. The molecule has 0 saturated carbocycles. The van der Waals surface area contributed by atoms with Crippen molar-refractivity contribution in [1.82, 2.24) is 10.3 Å². The molecule has 0 aliphatic heterocycles. The highest BCUT2D eigenvalue weighted by Crippen LogP contribution is 2.24. The van der Waals surface area contributed by atoms with Gasteiger partial charge in [0.25, 0.3) is 0 Å². The van der Waals surface area contributed by atoms with E-state index in [9.17, 15) is 8.78 Å². The minimum atomic E-state index is -0.759. The maximum Gasteiger partial charge on any atom is 0.163 e. The molecule has 0 amide bonds. The van der Waals surface area contributed by atoms with Crippen molar-refractivity contribution in [2.45, 2.75) is 32.7 Å². The summed E-state index contributed by atoms with van der Waals surface area (Å²) in [4.78, 5) is 3.98. The zero-order valence-electron chi connectivity index (χ0n) is 12.4. The largest absolute Gasteiger partial charge is 0.310 e. The van der Waals surface area contributed by atoms with Crippen LogP contribution in [0.4, 0.5) is 8.78 Å². The van der Waals surface area contributed by atoms with Crippen LogP contribution in [-0.2, 0) is 6.42 Å². The number of benzene rings is 1. The first-order valence-corrected chi connectivity index (χ1v) is 7.20. The second kappa shape index (κ2) is 7.27. The van der Waals surface area contributed by atoms with Gasteiger partial charge in [-0.25, -0.2) is 8.78 Å². The zero-order chi connectivity index (χ0) is 15.2. The van der Waals surface area contributed by atoms with Crippen LogP contribution in [0.3, 0.4) is 0 Å². The number of halogens is 2. The Morgan fingerprint density at radius 2 is 1.81 bits per heavy atom. The molecular formula is C17H20F2N2. The first kappa shape index (κ1) is 15.6. The standard InChI is InChI=1S/C17H20F2N2/c1-3-8-21-15(11-13-6-9-20-10-7-13)14-5-4-12(2)16(18)17(14)19/h4-7,9-10,15,21H,3,8,11H2,1-2H3. The molecule has 0 radical (unpaired) electrons. The quantitative estimate of drug-likeness (QED) is 0.871. The van der Waals surface area contributed by atoms with Gasteiger partial charge < -0.3 is 5.32 Å². The van der Waals surface area contributed by atoms with Gasteiger partial charge >= 0.3 is 0 Å². The van der Waals surface area contributed by atoms with E-state index in [1.807, 2.05) is 19.1 Å². The lowest BCUT2D eigenvalue weighted by atomic mass is 9.97. The van der Waals surface area contributed by atoms with Gasteiger partial charge in [0.2, 0.25) is 0 Å². The van der Waals surface area contributed by atoms with Gasteiger partial charge in [-0.15, -0.1) is 0 Å². The molecule has 1 heterocycles. The molecule has 21 heavy (non-hydrogen) atoms. The number of pyridine rings is 1. The number of nitrogens with one attached hydrogen (secondary N) is 1. The molecule has 1 unspecified atom stereocenters. The van der Waals surface area contributed by atoms with Crippen molar-refractivity contribution in [3.05, 3.63) is 65.0 Å². The Morgan fingerprint density at radius 3 is 2.48 bits per heavy atom. The number of hydrogen-bond acceptors (Lipinski definition) is 2. The SMILES string of the molecule is CCCNC(Cc1ccncc1)c1ccc(C)c(F)c1F. The van der Waals surface area contributed by atoms with E-state index < -0.39 is 11.6 Å². The Bertz CT molecular complexity index is 585. The average Bonchev–Trinajstić information content (AvgIpc) is 2.51. The Morgan fingerprint density at radius 1 is 1.10 bits per heavy atom. The van der Waals surface area contributed by atoms with Gasteiger partial charge in [-0.3, -0.25) is 4.98 Å². The molecule has 1 atom stereocenters. The van der Waals surface area contributed by atoms with Crippen molar-refractivity contribution in [2.75, 3.05) is 6.54 Å². The summed E-state index contributed by atoms with van der Waals surface area (Å²) >= 11 is 0. The van der Waals surface area contributed by atoms with Crippen LogP contribution >= 0.6 is 0 Å². The van der Waals surface area contributed by atoms with Crippen LogP contribution in [0.15, 0.2) is 36.7 Å². The average molecular weight is 290 g/mol. The van der Waals surface area contributed by atoms with Crippen molar-refractivity contribution >= 4 is 0 Å². The number of aromatic nitrogens is 1. The molecule has 1 N–H and O–H groups in total. The summed E-state index contributed by atoms with van der Waals surface area (Å²) in [6, 6.07) is 6.83. The van der Waals surface area contributed by atoms with Gasteiger partial charge in [0, 0.05) is 24.0 Å². The maximum atomic E-state index is 14.2. The fraction of sp³-hybridized carbons (Fsp3) is 0.353. The van der Waals surface area contributed by atoms with Gasteiger partial charge in [0.1, 0.15) is 0 Å². The predicted octanol–water partition coefficient (Wildman–Crippen LogP) is 3.95. The summed E-state index contributed by atoms with van der Waals surface area (Å²) < 4.78 is 28.0. The van der Waals surface area contributed by atoms with Crippen LogP contribution in [-0.4, -0.2) is 11.5 Å². The molecule has 2 rings (SSSR count). The van der Waals surface area contributed by atoms with Crippen molar-refractivity contribution in [3.8, 4) is 0 Å². The molecule has 0 fully saturated rings. The summed E-state index contributed by atoms with van der Waals surface area (Å²) in [5.41, 5.74) is 1.75. The van der Waals surface area contributed by atoms with Crippen LogP contribution in [0.5, 0.6) is 0 Å². The summed E-state index contributed by atoms with van der Waals surface area (Å²) in [6.45, 7) is 4.37. The maximum absolute atomic E-state index is 14.2. The molecule has 0 bridgehead atoms. The molecule has 0 aliphatic carbocycles. The normalized spacial score (nSPS) is 12.4. The fourth-order valence-corrected chi connectivity index (χ4v) is 2.30. The number of rotatable bonds is 6. The first-order chi connectivity index (χ1) is 10.1. The fourth-order valence-electron chi connectivity index (χ4n) is 2.30. The summed E-state index contributed by atoms with van der Waals surface area (Å²) in [7, 11) is 0. The van der Waals surface area contributed by atoms with Crippen molar-refractivity contribution < 1.29 is 8.78 Å². The number of nitrogens with zero attached hydrogens (tertiary/aromatic N) is 1. The van der Waals surface area contributed by atoms with Gasteiger partial charge in [-0.05, 0) is 49.6 Å². The highest BCUT2D eigenvalue weighted by molar-refractivity contribution is 5.29. The number of aryl methyl sites for hydroxylation is 1. The van der Waals surface area contributed by atoms with Crippen molar-refractivity contribution in [2.24, 2.45) is 0 Å². The summed E-state index contributed by atoms with van der Waals surface area (Å²) in [5, 5.41) is 3.29. The topological polar surface area (TPSA) is 24.9 Å². The van der Waals surface area contributed by atoms with Crippen LogP contribution in [0.1, 0.15) is 36.1 Å². The van der Waals surface area contributed by atoms with Gasteiger partial charge in [-0.2, -0.15) is 0 Å². The Balaban J connectivity index is 2.29. The minimum absolute atomic E-state index is 0.248. The second-order valence-corrected chi connectivity index (χ2v) is 5.17. The zero-order valence-corrected chi connectivity index (χ0v) is 12.4. The molecule has 1 aromatic heterocycles. The minimum Gasteiger partial charge on any atom is -0.310 e. The summed E-state index contributed by atoms with van der Waals surface area (Å²) in [5.74, 6) is -1.51. The molecule has 0 aliphatic rings. The Hall–Kier alpha value is -1.81. The van der Waals surface area contributed by atoms with Crippen LogP contribution in [0, 0.1) is 18.6 Å². The molecule has 0 saturated heterocycles. The van der Waals surface area contributed by atoms with E-state index in [-0.39, 0.29) is 6.04 Å². The third kappa shape index (κ3) is 3.85. The van der Waals surface area contributed by atoms with Crippen LogP contribution < -0.4 is 5.32 Å². The predicted molar refractivity (Wildman–Crippen MR) is 80.1 cm³/mol. The highest BCUT2D eigenvalue weighted by atomic mass is 19.2. The third-order valence-corrected chi connectivity index (χ3v) is 3.51. The van der Waals surface area contributed by atoms with Gasteiger partial charge in [0.15, 0.2) is 11.6 Å². The molecule has 1 aromatic carbocycles. The van der Waals surface area contributed by atoms with E-state index in [0.717, 1.165) is 18.5 Å². The van der Waals surface area contributed by atoms with Crippen molar-refractivity contribution in [1.29, 1.82) is 0 Å². The van der Waals surface area contributed by atoms with E-state index in [1.165, 1.54) is 0 Å². The lowest BCUT2D eigenvalue weighted by molar-refractivity contribution is 0.456. The van der Waals surface area contributed by atoms with E-state index in [0.29, 0.717) is 17.5 Å². The second-order valence-electron chi connectivity index (χ2n) is 5.17. The first-order valence-electron chi connectivity index (χ1n) is 7.20. The van der Waals surface area contributed by atoms with E-state index in [4.69, 9.17) is 0 Å². The molecule has 2 aromatic rings. The number of hydrogen-bond donors (Lipinski definition) is 1. The lowest BCUT2D eigenvalue weighted by Gasteiger charge is -2.20. The van der Waals surface area contributed by atoms with E-state index >= 15 is 0 Å². The van der Waals surface area contributed by atoms with E-state index in [2.05, 4.69) is 10.3 Å². The van der Waals surface area contributed by atoms with Gasteiger partial charge in [-0.1, -0.05) is 19.1 Å². The molecule has 2 nitrogen and oxygen atoms in total. The third-order valence-electron chi connectivity index (χ3n) is 3.51. The van der Waals surface area contributed by atoms with Crippen LogP contribution in [0.25, 0.3) is 0 Å². The Kier molecular flexibility index (Phi) is 5.39. The molecule has 0 spiro atoms. The monoisotopic (exact) mass is 290 g/mol. The van der Waals surface area contributed by atoms with E-state index in [1.54, 1.807) is 31.5 Å². The van der Waals surface area contributed by atoms with Gasteiger partial charge in [0.05, 0.1) is 0 Å². The van der Waals surface area contributed by atoms with Crippen LogP contribution in [0.2, 0.25) is 0 Å².